The van der Waals surface area contributed by atoms with E-state index in [1.165, 1.54) is 16.0 Å². The van der Waals surface area contributed by atoms with Crippen molar-refractivity contribution in [3.8, 4) is 0 Å². The molecule has 0 N–H and O–H groups in total. The van der Waals surface area contributed by atoms with Gasteiger partial charge in [0.1, 0.15) is 0 Å². The first-order valence-electron chi connectivity index (χ1n) is 5.91. The highest BCUT2D eigenvalue weighted by Crippen LogP contribution is 2.11. The lowest BCUT2D eigenvalue weighted by Gasteiger charge is -1.94. The second kappa shape index (κ2) is 7.97. The Labute approximate surface area is 109 Å². The fourth-order valence-electron chi connectivity index (χ4n) is 1.38. The quantitative estimate of drug-likeness (QED) is 0.672. The van der Waals surface area contributed by atoms with Gasteiger partial charge in [-0.05, 0) is 37.3 Å². The van der Waals surface area contributed by atoms with Gasteiger partial charge in [-0.3, -0.25) is 0 Å². The second-order valence-corrected chi connectivity index (χ2v) is 4.74. The molecule has 0 atom stereocenters. The van der Waals surface area contributed by atoms with Gasteiger partial charge in [0.25, 0.3) is 0 Å². The monoisotopic (exact) mass is 244 g/mol. The van der Waals surface area contributed by atoms with E-state index in [9.17, 15) is 0 Å². The molecule has 90 valence electrons. The number of benzene rings is 2. The van der Waals surface area contributed by atoms with Crippen LogP contribution in [-0.4, -0.2) is 6.26 Å². The van der Waals surface area contributed by atoms with Crippen LogP contribution < -0.4 is 0 Å². The van der Waals surface area contributed by atoms with Crippen molar-refractivity contribution in [3.05, 3.63) is 65.7 Å². The first-order chi connectivity index (χ1) is 8.26. The smallest absolute Gasteiger partial charge is 0.00691 e. The van der Waals surface area contributed by atoms with Crippen LogP contribution in [0, 0.1) is 6.92 Å². The standard InChI is InChI=1S/C9H12.C7H8S/c1-3-9-6-4-8(2)5-7-9;1-8-7-5-3-2-4-6-7/h4-7H,3H2,1-2H3;2-6H,1H3. The van der Waals surface area contributed by atoms with E-state index >= 15 is 0 Å². The van der Waals surface area contributed by atoms with Gasteiger partial charge in [0, 0.05) is 4.90 Å². The van der Waals surface area contributed by atoms with Crippen molar-refractivity contribution >= 4 is 11.8 Å². The Morgan fingerprint density at radius 3 is 1.88 bits per heavy atom. The summed E-state index contributed by atoms with van der Waals surface area (Å²) in [6.45, 7) is 4.28. The topological polar surface area (TPSA) is 0 Å². The Balaban J connectivity index is 0.000000171. The van der Waals surface area contributed by atoms with Crippen LogP contribution in [0.1, 0.15) is 18.1 Å². The van der Waals surface area contributed by atoms with E-state index in [4.69, 9.17) is 0 Å². The van der Waals surface area contributed by atoms with Crippen molar-refractivity contribution in [2.45, 2.75) is 25.2 Å². The average molecular weight is 244 g/mol. The van der Waals surface area contributed by atoms with Crippen molar-refractivity contribution in [1.29, 1.82) is 0 Å². The van der Waals surface area contributed by atoms with Crippen LogP contribution in [0.15, 0.2) is 59.5 Å². The third kappa shape index (κ3) is 5.60. The molecule has 0 unspecified atom stereocenters. The number of aryl methyl sites for hydroxylation is 2. The molecule has 2 rings (SSSR count). The van der Waals surface area contributed by atoms with E-state index in [1.807, 2.05) is 18.2 Å². The summed E-state index contributed by atoms with van der Waals surface area (Å²) in [7, 11) is 0. The SMILES string of the molecule is CCc1ccc(C)cc1.CSc1ccccc1. The lowest BCUT2D eigenvalue weighted by atomic mass is 10.1. The minimum atomic E-state index is 1.14. The predicted octanol–water partition coefficient (Wildman–Crippen LogP) is 4.97. The zero-order valence-corrected chi connectivity index (χ0v) is 11.6. The molecule has 0 radical (unpaired) electrons. The van der Waals surface area contributed by atoms with Gasteiger partial charge in [0.15, 0.2) is 0 Å². The van der Waals surface area contributed by atoms with E-state index in [2.05, 4.69) is 56.5 Å². The molecule has 0 aliphatic rings. The van der Waals surface area contributed by atoms with Gasteiger partial charge < -0.3 is 0 Å². The van der Waals surface area contributed by atoms with E-state index in [-0.39, 0.29) is 0 Å². The Kier molecular flexibility index (Phi) is 6.49. The molecule has 1 heteroatoms. The predicted molar refractivity (Wildman–Crippen MR) is 78.8 cm³/mol. The minimum absolute atomic E-state index is 1.14. The van der Waals surface area contributed by atoms with E-state index < -0.39 is 0 Å². The summed E-state index contributed by atoms with van der Waals surface area (Å²) in [5, 5.41) is 0. The van der Waals surface area contributed by atoms with Crippen LogP contribution in [0.25, 0.3) is 0 Å². The maximum Gasteiger partial charge on any atom is 0.00691 e. The van der Waals surface area contributed by atoms with Crippen LogP contribution in [0.2, 0.25) is 0 Å². The third-order valence-corrected chi connectivity index (χ3v) is 3.25. The Bertz CT molecular complexity index is 403. The third-order valence-electron chi connectivity index (χ3n) is 2.51. The number of rotatable bonds is 2. The van der Waals surface area contributed by atoms with E-state index in [0.717, 1.165) is 6.42 Å². The van der Waals surface area contributed by atoms with Crippen molar-refractivity contribution in [1.82, 2.24) is 0 Å². The molecule has 0 aromatic heterocycles. The fraction of sp³-hybridized carbons (Fsp3) is 0.250. The Morgan fingerprint density at radius 1 is 0.882 bits per heavy atom. The Hall–Kier alpha value is -1.21. The molecular weight excluding hydrogens is 224 g/mol. The first-order valence-corrected chi connectivity index (χ1v) is 7.13. The molecule has 17 heavy (non-hydrogen) atoms. The molecule has 0 nitrogen and oxygen atoms in total. The Morgan fingerprint density at radius 2 is 1.47 bits per heavy atom. The fourth-order valence-corrected chi connectivity index (χ4v) is 1.81. The van der Waals surface area contributed by atoms with Crippen molar-refractivity contribution in [2.24, 2.45) is 0 Å². The van der Waals surface area contributed by atoms with Crippen molar-refractivity contribution in [3.63, 3.8) is 0 Å². The lowest BCUT2D eigenvalue weighted by Crippen LogP contribution is -1.77. The zero-order valence-electron chi connectivity index (χ0n) is 10.8. The summed E-state index contributed by atoms with van der Waals surface area (Å²) in [6, 6.07) is 19.0. The molecular formula is C16H20S. The molecule has 0 saturated heterocycles. The second-order valence-electron chi connectivity index (χ2n) is 3.86. The van der Waals surface area contributed by atoms with Crippen molar-refractivity contribution in [2.75, 3.05) is 6.26 Å². The molecule has 0 fully saturated rings. The van der Waals surface area contributed by atoms with Gasteiger partial charge in [0.05, 0.1) is 0 Å². The summed E-state index contributed by atoms with van der Waals surface area (Å²) >= 11 is 1.77. The molecule has 0 saturated carbocycles. The van der Waals surface area contributed by atoms with Crippen molar-refractivity contribution < 1.29 is 0 Å². The normalized spacial score (nSPS) is 9.35. The van der Waals surface area contributed by atoms with Gasteiger partial charge in [-0.2, -0.15) is 0 Å². The molecule has 0 amide bonds. The van der Waals surface area contributed by atoms with E-state index in [1.54, 1.807) is 11.8 Å². The van der Waals surface area contributed by atoms with Crippen LogP contribution in [0.5, 0.6) is 0 Å². The number of hydrogen-bond acceptors (Lipinski definition) is 1. The maximum absolute atomic E-state index is 2.18. The van der Waals surface area contributed by atoms with Crippen LogP contribution >= 0.6 is 11.8 Å². The minimum Gasteiger partial charge on any atom is -0.130 e. The molecule has 0 bridgehead atoms. The van der Waals surface area contributed by atoms with Gasteiger partial charge in [0.2, 0.25) is 0 Å². The molecule has 2 aromatic rings. The summed E-state index contributed by atoms with van der Waals surface area (Å²) in [6.07, 6.45) is 3.22. The van der Waals surface area contributed by atoms with Crippen LogP contribution in [-0.2, 0) is 6.42 Å². The average Bonchev–Trinajstić information content (AvgIpc) is 2.41. The van der Waals surface area contributed by atoms with Crippen LogP contribution in [0.4, 0.5) is 0 Å². The molecule has 0 spiro atoms. The molecule has 0 heterocycles. The largest absolute Gasteiger partial charge is 0.130 e. The lowest BCUT2D eigenvalue weighted by molar-refractivity contribution is 1.14. The number of thioether (sulfide) groups is 1. The van der Waals surface area contributed by atoms with Gasteiger partial charge in [-0.25, -0.2) is 0 Å². The summed E-state index contributed by atoms with van der Waals surface area (Å²) in [4.78, 5) is 1.33. The summed E-state index contributed by atoms with van der Waals surface area (Å²) in [5.41, 5.74) is 2.76. The summed E-state index contributed by atoms with van der Waals surface area (Å²) in [5.74, 6) is 0. The zero-order chi connectivity index (χ0) is 12.5. The molecule has 0 aliphatic heterocycles. The van der Waals surface area contributed by atoms with E-state index in [0.29, 0.717) is 0 Å². The molecule has 2 aromatic carbocycles. The van der Waals surface area contributed by atoms with Gasteiger partial charge in [-0.1, -0.05) is 55.0 Å². The highest BCUT2D eigenvalue weighted by Gasteiger charge is 1.84. The van der Waals surface area contributed by atoms with Crippen LogP contribution in [0.3, 0.4) is 0 Å². The molecule has 0 aliphatic carbocycles. The summed E-state index contributed by atoms with van der Waals surface area (Å²) < 4.78 is 0. The first kappa shape index (κ1) is 13.9. The maximum atomic E-state index is 2.18. The highest BCUT2D eigenvalue weighted by atomic mass is 32.2. The van der Waals surface area contributed by atoms with Gasteiger partial charge in [-0.15, -0.1) is 11.8 Å². The van der Waals surface area contributed by atoms with Gasteiger partial charge >= 0.3 is 0 Å². The number of hydrogen-bond donors (Lipinski definition) is 0. The highest BCUT2D eigenvalue weighted by molar-refractivity contribution is 7.98.